The average Bonchev–Trinajstić information content (AvgIpc) is 3.26. The van der Waals surface area contributed by atoms with Gasteiger partial charge in [0.1, 0.15) is 10.9 Å². The van der Waals surface area contributed by atoms with Gasteiger partial charge >= 0.3 is 5.97 Å². The molecule has 1 aromatic heterocycles. The molecule has 1 N–H and O–H groups in total. The molecule has 0 saturated heterocycles. The van der Waals surface area contributed by atoms with Crippen molar-refractivity contribution in [1.82, 2.24) is 0 Å². The first-order valence-electron chi connectivity index (χ1n) is 9.11. The number of hydrogen-bond acceptors (Lipinski definition) is 7. The number of esters is 1. The van der Waals surface area contributed by atoms with E-state index in [0.717, 1.165) is 0 Å². The second kappa shape index (κ2) is 9.00. The number of ether oxygens (including phenoxy) is 1. The SMILES string of the molecule is CCc1ccc(C(=O)OC)cc1S(=O)(=O)Nc1cc(C#N)ccc1-c1ccc(C#N)s1. The Morgan fingerprint density at radius 3 is 2.48 bits per heavy atom. The van der Waals surface area contributed by atoms with E-state index in [-0.39, 0.29) is 21.7 Å². The lowest BCUT2D eigenvalue weighted by atomic mass is 10.1. The number of nitriles is 2. The third-order valence-electron chi connectivity index (χ3n) is 4.53. The zero-order valence-corrected chi connectivity index (χ0v) is 18.3. The van der Waals surface area contributed by atoms with Crippen LogP contribution in [0.2, 0.25) is 0 Å². The summed E-state index contributed by atoms with van der Waals surface area (Å²) in [5.41, 5.74) is 1.66. The standard InChI is InChI=1S/C22H17N3O4S2/c1-3-15-5-6-16(22(26)29-2)11-21(15)31(27,28)25-19-10-14(12-23)4-8-18(19)20-9-7-17(13-24)30-20/h4-11,25H,3H2,1-2H3. The predicted molar refractivity (Wildman–Crippen MR) is 117 cm³/mol. The van der Waals surface area contributed by atoms with E-state index >= 15 is 0 Å². The summed E-state index contributed by atoms with van der Waals surface area (Å²) in [4.78, 5) is 13.0. The Hall–Kier alpha value is -3.66. The van der Waals surface area contributed by atoms with E-state index in [1.165, 1.54) is 36.6 Å². The smallest absolute Gasteiger partial charge is 0.337 e. The number of rotatable bonds is 6. The molecular weight excluding hydrogens is 434 g/mol. The monoisotopic (exact) mass is 451 g/mol. The van der Waals surface area contributed by atoms with Crippen molar-refractivity contribution in [2.45, 2.75) is 18.2 Å². The van der Waals surface area contributed by atoms with Crippen molar-refractivity contribution in [3.05, 3.63) is 70.1 Å². The molecule has 0 bridgehead atoms. The van der Waals surface area contributed by atoms with Crippen LogP contribution in [0.25, 0.3) is 10.4 Å². The lowest BCUT2D eigenvalue weighted by molar-refractivity contribution is 0.0600. The fourth-order valence-electron chi connectivity index (χ4n) is 3.00. The number of thiophene rings is 1. The zero-order chi connectivity index (χ0) is 22.6. The number of carbonyl (C=O) groups excluding carboxylic acids is 1. The molecule has 3 rings (SSSR count). The molecule has 0 atom stereocenters. The highest BCUT2D eigenvalue weighted by Crippen LogP contribution is 2.35. The predicted octanol–water partition coefficient (Wildman–Crippen LogP) is 4.31. The topological polar surface area (TPSA) is 120 Å². The molecule has 0 aliphatic heterocycles. The van der Waals surface area contributed by atoms with Crippen LogP contribution >= 0.6 is 11.3 Å². The van der Waals surface area contributed by atoms with Gasteiger partial charge in [0.05, 0.1) is 34.9 Å². The minimum atomic E-state index is -4.10. The van der Waals surface area contributed by atoms with Gasteiger partial charge in [-0.3, -0.25) is 4.72 Å². The van der Waals surface area contributed by atoms with Crippen LogP contribution in [-0.4, -0.2) is 21.5 Å². The van der Waals surface area contributed by atoms with Gasteiger partial charge in [0.15, 0.2) is 0 Å². The molecule has 156 valence electrons. The zero-order valence-electron chi connectivity index (χ0n) is 16.7. The molecule has 7 nitrogen and oxygen atoms in total. The number of benzene rings is 2. The van der Waals surface area contributed by atoms with Crippen LogP contribution in [0.5, 0.6) is 0 Å². The maximum atomic E-state index is 13.3. The molecule has 0 radical (unpaired) electrons. The van der Waals surface area contributed by atoms with Crippen LogP contribution in [0.1, 0.15) is 33.3 Å². The highest BCUT2D eigenvalue weighted by molar-refractivity contribution is 7.92. The highest BCUT2D eigenvalue weighted by atomic mass is 32.2. The minimum Gasteiger partial charge on any atom is -0.465 e. The van der Waals surface area contributed by atoms with Crippen LogP contribution in [-0.2, 0) is 21.2 Å². The molecule has 0 unspecified atom stereocenters. The van der Waals surface area contributed by atoms with Crippen molar-refractivity contribution in [3.8, 4) is 22.6 Å². The summed E-state index contributed by atoms with van der Waals surface area (Å²) in [5, 5.41) is 18.4. The molecule has 3 aromatic rings. The number of aryl methyl sites for hydroxylation is 1. The van der Waals surface area contributed by atoms with Crippen molar-refractivity contribution in [2.75, 3.05) is 11.8 Å². The lowest BCUT2D eigenvalue weighted by Crippen LogP contribution is -2.17. The van der Waals surface area contributed by atoms with Gasteiger partial charge in [-0.1, -0.05) is 19.1 Å². The van der Waals surface area contributed by atoms with Gasteiger partial charge in [-0.25, -0.2) is 13.2 Å². The first-order chi connectivity index (χ1) is 14.8. The van der Waals surface area contributed by atoms with Crippen molar-refractivity contribution in [2.24, 2.45) is 0 Å². The molecule has 1 heterocycles. The average molecular weight is 452 g/mol. The molecule has 2 aromatic carbocycles. The number of methoxy groups -OCH3 is 1. The van der Waals surface area contributed by atoms with E-state index in [1.807, 2.05) is 13.0 Å². The first-order valence-corrected chi connectivity index (χ1v) is 11.4. The normalized spacial score (nSPS) is 10.7. The van der Waals surface area contributed by atoms with Gasteiger partial charge in [0, 0.05) is 10.4 Å². The van der Waals surface area contributed by atoms with Crippen LogP contribution in [0.4, 0.5) is 5.69 Å². The summed E-state index contributed by atoms with van der Waals surface area (Å²) in [5.74, 6) is -0.645. The highest BCUT2D eigenvalue weighted by Gasteiger charge is 2.22. The Morgan fingerprint density at radius 2 is 1.87 bits per heavy atom. The van der Waals surface area contributed by atoms with Gasteiger partial charge in [-0.2, -0.15) is 10.5 Å². The van der Waals surface area contributed by atoms with Gasteiger partial charge < -0.3 is 4.74 Å². The summed E-state index contributed by atoms with van der Waals surface area (Å²) in [6.07, 6.45) is 0.430. The Balaban J connectivity index is 2.12. The van der Waals surface area contributed by atoms with E-state index in [0.29, 0.717) is 27.3 Å². The molecule has 0 aliphatic rings. The van der Waals surface area contributed by atoms with E-state index in [2.05, 4.69) is 10.8 Å². The summed E-state index contributed by atoms with van der Waals surface area (Å²) in [6.45, 7) is 1.81. The maximum absolute atomic E-state index is 13.3. The number of hydrogen-bond donors (Lipinski definition) is 1. The van der Waals surface area contributed by atoms with E-state index in [1.54, 1.807) is 30.3 Å². The van der Waals surface area contributed by atoms with Crippen LogP contribution in [0.15, 0.2) is 53.4 Å². The van der Waals surface area contributed by atoms with Crippen LogP contribution in [0, 0.1) is 22.7 Å². The second-order valence-electron chi connectivity index (χ2n) is 6.42. The second-order valence-corrected chi connectivity index (χ2v) is 9.16. The van der Waals surface area contributed by atoms with Crippen LogP contribution < -0.4 is 4.72 Å². The number of sulfonamides is 1. The van der Waals surface area contributed by atoms with Gasteiger partial charge in [-0.05, 0) is 48.4 Å². The van der Waals surface area contributed by atoms with Gasteiger partial charge in [0.2, 0.25) is 0 Å². The third kappa shape index (κ3) is 4.58. The van der Waals surface area contributed by atoms with Gasteiger partial charge in [0.25, 0.3) is 10.0 Å². The number of nitrogens with zero attached hydrogens (tertiary/aromatic N) is 2. The molecular formula is C22H17N3O4S2. The first kappa shape index (κ1) is 22.0. The third-order valence-corrected chi connectivity index (χ3v) is 7.00. The van der Waals surface area contributed by atoms with E-state index < -0.39 is 16.0 Å². The molecule has 0 aliphatic carbocycles. The number of anilines is 1. The largest absolute Gasteiger partial charge is 0.465 e. The summed E-state index contributed by atoms with van der Waals surface area (Å²) < 4.78 is 33.8. The fourth-order valence-corrected chi connectivity index (χ4v) is 5.25. The minimum absolute atomic E-state index is 0.0462. The molecule has 31 heavy (non-hydrogen) atoms. The Labute approximate surface area is 184 Å². The van der Waals surface area contributed by atoms with Crippen molar-refractivity contribution >= 4 is 33.0 Å². The molecule has 0 fully saturated rings. The molecule has 0 spiro atoms. The van der Waals surface area contributed by atoms with Crippen molar-refractivity contribution in [3.63, 3.8) is 0 Å². The summed E-state index contributed by atoms with van der Waals surface area (Å²) in [6, 6.07) is 16.4. The fraction of sp³-hybridized carbons (Fsp3) is 0.136. The maximum Gasteiger partial charge on any atom is 0.337 e. The molecule has 0 amide bonds. The van der Waals surface area contributed by atoms with Gasteiger partial charge in [-0.15, -0.1) is 11.3 Å². The summed E-state index contributed by atoms with van der Waals surface area (Å²) >= 11 is 1.21. The van der Waals surface area contributed by atoms with Crippen molar-refractivity contribution in [1.29, 1.82) is 10.5 Å². The lowest BCUT2D eigenvalue weighted by Gasteiger charge is -2.15. The Morgan fingerprint density at radius 1 is 1.10 bits per heavy atom. The van der Waals surface area contributed by atoms with Crippen LogP contribution in [0.3, 0.4) is 0 Å². The van der Waals surface area contributed by atoms with E-state index in [4.69, 9.17) is 10.00 Å². The quantitative estimate of drug-likeness (QED) is 0.558. The summed E-state index contributed by atoms with van der Waals surface area (Å²) in [7, 11) is -2.88. The number of nitrogens with one attached hydrogen (secondary N) is 1. The number of carbonyl (C=O) groups is 1. The Kier molecular flexibility index (Phi) is 6.40. The van der Waals surface area contributed by atoms with E-state index in [9.17, 15) is 18.5 Å². The molecule has 9 heteroatoms. The molecule has 0 saturated carbocycles. The Bertz CT molecular complexity index is 1350. The van der Waals surface area contributed by atoms with Crippen molar-refractivity contribution < 1.29 is 17.9 Å².